The van der Waals surface area contributed by atoms with Gasteiger partial charge in [0.25, 0.3) is 0 Å². The van der Waals surface area contributed by atoms with Crippen LogP contribution < -0.4 is 0 Å². The highest BCUT2D eigenvalue weighted by Gasteiger charge is 2.07. The van der Waals surface area contributed by atoms with Gasteiger partial charge in [0.2, 0.25) is 0 Å². The van der Waals surface area contributed by atoms with E-state index >= 15 is 0 Å². The summed E-state index contributed by atoms with van der Waals surface area (Å²) >= 11 is 1.53. The minimum atomic E-state index is 0.233. The number of nitrogens with zero attached hydrogens (tertiary/aromatic N) is 1. The molecule has 0 saturated heterocycles. The van der Waals surface area contributed by atoms with E-state index in [4.69, 9.17) is 0 Å². The van der Waals surface area contributed by atoms with E-state index in [9.17, 15) is 10.2 Å². The molecule has 0 radical (unpaired) electrons. The minimum absolute atomic E-state index is 0.233. The highest BCUT2D eigenvalue weighted by Crippen LogP contribution is 2.30. The van der Waals surface area contributed by atoms with Crippen molar-refractivity contribution in [1.82, 2.24) is 4.98 Å². The first-order valence-corrected chi connectivity index (χ1v) is 6.65. The lowest BCUT2D eigenvalue weighted by molar-refractivity contribution is 0.475. The predicted molar refractivity (Wildman–Crippen MR) is 76.3 cm³/mol. The molecule has 2 N–H and O–H groups in total. The first-order chi connectivity index (χ1) is 9.22. The van der Waals surface area contributed by atoms with Crippen LogP contribution in [0.1, 0.15) is 0 Å². The Balaban J connectivity index is 1.97. The Morgan fingerprint density at radius 1 is 0.842 bits per heavy atom. The maximum absolute atomic E-state index is 9.48. The maximum atomic E-state index is 9.48. The van der Waals surface area contributed by atoms with E-state index in [1.54, 1.807) is 30.3 Å². The molecular formula is C15H11NO2S. The molecule has 0 saturated carbocycles. The van der Waals surface area contributed by atoms with Crippen molar-refractivity contribution in [2.45, 2.75) is 0 Å². The van der Waals surface area contributed by atoms with Crippen molar-refractivity contribution in [3.63, 3.8) is 0 Å². The largest absolute Gasteiger partial charge is 0.508 e. The summed E-state index contributed by atoms with van der Waals surface area (Å²) in [5.41, 5.74) is 2.69. The fraction of sp³-hybridized carbons (Fsp3) is 0. The third-order valence-corrected chi connectivity index (χ3v) is 3.65. The highest BCUT2D eigenvalue weighted by molar-refractivity contribution is 7.13. The first kappa shape index (κ1) is 11.7. The van der Waals surface area contributed by atoms with Gasteiger partial charge in [-0.2, -0.15) is 0 Å². The Morgan fingerprint density at radius 2 is 1.63 bits per heavy atom. The van der Waals surface area contributed by atoms with Crippen molar-refractivity contribution in [3.05, 3.63) is 53.9 Å². The molecule has 0 unspecified atom stereocenters. The van der Waals surface area contributed by atoms with E-state index < -0.39 is 0 Å². The van der Waals surface area contributed by atoms with Crippen LogP contribution in [-0.2, 0) is 0 Å². The minimum Gasteiger partial charge on any atom is -0.508 e. The third-order valence-electron chi connectivity index (χ3n) is 2.76. The van der Waals surface area contributed by atoms with Crippen molar-refractivity contribution in [3.8, 4) is 33.3 Å². The molecule has 1 heterocycles. The molecule has 4 heteroatoms. The second kappa shape index (κ2) is 4.74. The van der Waals surface area contributed by atoms with Crippen LogP contribution in [0.5, 0.6) is 11.5 Å². The van der Waals surface area contributed by atoms with Crippen molar-refractivity contribution in [1.29, 1.82) is 0 Å². The van der Waals surface area contributed by atoms with Crippen LogP contribution in [-0.4, -0.2) is 15.2 Å². The fourth-order valence-corrected chi connectivity index (χ4v) is 2.64. The highest BCUT2D eigenvalue weighted by atomic mass is 32.1. The zero-order chi connectivity index (χ0) is 13.2. The molecule has 0 spiro atoms. The van der Waals surface area contributed by atoms with E-state index in [1.165, 1.54) is 11.3 Å². The summed E-state index contributed by atoms with van der Waals surface area (Å²) < 4.78 is 0. The van der Waals surface area contributed by atoms with Gasteiger partial charge in [-0.05, 0) is 36.4 Å². The van der Waals surface area contributed by atoms with Crippen molar-refractivity contribution in [2.75, 3.05) is 0 Å². The number of rotatable bonds is 2. The normalized spacial score (nSPS) is 10.5. The summed E-state index contributed by atoms with van der Waals surface area (Å²) in [6.07, 6.45) is 0. The lowest BCUT2D eigenvalue weighted by atomic mass is 10.1. The Hall–Kier alpha value is -2.33. The monoisotopic (exact) mass is 269 g/mol. The number of aromatic hydroxyl groups is 2. The van der Waals surface area contributed by atoms with Gasteiger partial charge in [-0.15, -0.1) is 11.3 Å². The molecule has 19 heavy (non-hydrogen) atoms. The molecule has 2 aromatic carbocycles. The molecule has 0 fully saturated rings. The predicted octanol–water partition coefficient (Wildman–Crippen LogP) is 3.89. The second-order valence-corrected chi connectivity index (χ2v) is 4.99. The quantitative estimate of drug-likeness (QED) is 0.742. The number of hydrogen-bond acceptors (Lipinski definition) is 4. The Kier molecular flexibility index (Phi) is 2.93. The number of hydrogen-bond donors (Lipinski definition) is 2. The number of phenols is 2. The average molecular weight is 269 g/mol. The van der Waals surface area contributed by atoms with Gasteiger partial charge in [0.15, 0.2) is 0 Å². The molecule has 94 valence electrons. The first-order valence-electron chi connectivity index (χ1n) is 5.77. The van der Waals surface area contributed by atoms with Crippen molar-refractivity contribution >= 4 is 11.3 Å². The van der Waals surface area contributed by atoms with Gasteiger partial charge in [-0.3, -0.25) is 0 Å². The molecule has 3 rings (SSSR count). The number of benzene rings is 2. The lowest BCUT2D eigenvalue weighted by Crippen LogP contribution is -1.79. The van der Waals surface area contributed by atoms with Crippen LogP contribution in [0.2, 0.25) is 0 Å². The summed E-state index contributed by atoms with van der Waals surface area (Å²) in [6.45, 7) is 0. The summed E-state index contributed by atoms with van der Waals surface area (Å²) in [6, 6.07) is 14.0. The number of aromatic nitrogens is 1. The van der Waals surface area contributed by atoms with Crippen LogP contribution in [0.4, 0.5) is 0 Å². The van der Waals surface area contributed by atoms with Gasteiger partial charge in [0, 0.05) is 16.5 Å². The van der Waals surface area contributed by atoms with Crippen LogP contribution in [0.25, 0.3) is 21.8 Å². The molecule has 3 aromatic rings. The SMILES string of the molecule is Oc1ccc(-c2nc(-c3cccc(O)c3)cs2)cc1. The van der Waals surface area contributed by atoms with Gasteiger partial charge < -0.3 is 10.2 Å². The third kappa shape index (κ3) is 2.44. The van der Waals surface area contributed by atoms with Gasteiger partial charge in [-0.1, -0.05) is 12.1 Å². The summed E-state index contributed by atoms with van der Waals surface area (Å²) in [4.78, 5) is 4.55. The van der Waals surface area contributed by atoms with E-state index in [-0.39, 0.29) is 11.5 Å². The van der Waals surface area contributed by atoms with Crippen LogP contribution in [0, 0.1) is 0 Å². The Labute approximate surface area is 114 Å². The molecule has 0 amide bonds. The molecule has 3 nitrogen and oxygen atoms in total. The summed E-state index contributed by atoms with van der Waals surface area (Å²) in [5.74, 6) is 0.477. The van der Waals surface area contributed by atoms with Gasteiger partial charge >= 0.3 is 0 Å². The molecule has 1 aromatic heterocycles. The molecule has 0 aliphatic carbocycles. The molecular weight excluding hydrogens is 258 g/mol. The van der Waals surface area contributed by atoms with E-state index in [2.05, 4.69) is 4.98 Å². The molecule has 0 aliphatic heterocycles. The smallest absolute Gasteiger partial charge is 0.124 e. The molecule has 0 bridgehead atoms. The van der Waals surface area contributed by atoms with Gasteiger partial charge in [0.1, 0.15) is 16.5 Å². The average Bonchev–Trinajstić information content (AvgIpc) is 2.89. The van der Waals surface area contributed by atoms with E-state index in [0.29, 0.717) is 0 Å². The fourth-order valence-electron chi connectivity index (χ4n) is 1.81. The van der Waals surface area contributed by atoms with Crippen molar-refractivity contribution < 1.29 is 10.2 Å². The Bertz CT molecular complexity index is 704. The molecule has 0 atom stereocenters. The molecule has 0 aliphatic rings. The van der Waals surface area contributed by atoms with Crippen LogP contribution >= 0.6 is 11.3 Å². The second-order valence-electron chi connectivity index (χ2n) is 4.14. The van der Waals surface area contributed by atoms with Gasteiger partial charge in [0.05, 0.1) is 5.69 Å². The number of thiazole rings is 1. The maximum Gasteiger partial charge on any atom is 0.124 e. The summed E-state index contributed by atoms with van der Waals surface area (Å²) in [5, 5.41) is 21.6. The standard InChI is InChI=1S/C15H11NO2S/c17-12-6-4-10(5-7-12)15-16-14(9-19-15)11-2-1-3-13(18)8-11/h1-9,17-18H. The van der Waals surface area contributed by atoms with Crippen LogP contribution in [0.3, 0.4) is 0 Å². The van der Waals surface area contributed by atoms with E-state index in [1.807, 2.05) is 23.6 Å². The number of phenolic OH excluding ortho intramolecular Hbond substituents is 2. The van der Waals surface area contributed by atoms with Crippen molar-refractivity contribution in [2.24, 2.45) is 0 Å². The Morgan fingerprint density at radius 3 is 2.37 bits per heavy atom. The zero-order valence-corrected chi connectivity index (χ0v) is 10.8. The summed E-state index contributed by atoms with van der Waals surface area (Å²) in [7, 11) is 0. The van der Waals surface area contributed by atoms with E-state index in [0.717, 1.165) is 21.8 Å². The zero-order valence-electron chi connectivity index (χ0n) is 9.95. The van der Waals surface area contributed by atoms with Gasteiger partial charge in [-0.25, -0.2) is 4.98 Å². The lowest BCUT2D eigenvalue weighted by Gasteiger charge is -1.98. The topological polar surface area (TPSA) is 53.4 Å². The van der Waals surface area contributed by atoms with Crippen LogP contribution in [0.15, 0.2) is 53.9 Å².